The second-order valence-electron chi connectivity index (χ2n) is 3.89. The van der Waals surface area contributed by atoms with Crippen molar-refractivity contribution in [3.05, 3.63) is 24.3 Å². The molecule has 1 aromatic carbocycles. The van der Waals surface area contributed by atoms with Crippen molar-refractivity contribution in [2.75, 3.05) is 11.9 Å². The Hall–Kier alpha value is -1.60. The van der Waals surface area contributed by atoms with Crippen LogP contribution in [0, 0.1) is 5.92 Å². The Labute approximate surface area is 106 Å². The molecule has 0 radical (unpaired) electrons. The molecule has 0 amide bonds. The zero-order valence-corrected chi connectivity index (χ0v) is 10.8. The first kappa shape index (κ1) is 14.5. The summed E-state index contributed by atoms with van der Waals surface area (Å²) in [5, 5.41) is 16.8. The minimum absolute atomic E-state index is 0.0262. The van der Waals surface area contributed by atoms with E-state index < -0.39 is 21.9 Å². The van der Waals surface area contributed by atoms with Crippen LogP contribution in [0.2, 0.25) is 0 Å². The molecule has 0 fully saturated rings. The Balaban J connectivity index is 2.67. The van der Waals surface area contributed by atoms with Crippen LogP contribution in [0.15, 0.2) is 29.2 Å². The number of hydrogen-bond donors (Lipinski definition) is 3. The number of aliphatic carboxylic acids is 1. The van der Waals surface area contributed by atoms with Crippen molar-refractivity contribution in [1.82, 2.24) is 0 Å². The quantitative estimate of drug-likeness (QED) is 0.711. The lowest BCUT2D eigenvalue weighted by Gasteiger charge is -2.12. The van der Waals surface area contributed by atoms with Gasteiger partial charge in [-0.05, 0) is 30.7 Å². The fourth-order valence-corrected chi connectivity index (χ4v) is 1.93. The van der Waals surface area contributed by atoms with E-state index in [1.165, 1.54) is 12.1 Å². The summed E-state index contributed by atoms with van der Waals surface area (Å²) in [5.41, 5.74) is 0.655. The summed E-state index contributed by atoms with van der Waals surface area (Å²) in [6.45, 7) is 2.09. The van der Waals surface area contributed by atoms with Crippen molar-refractivity contribution in [2.24, 2.45) is 11.1 Å². The molecule has 0 heterocycles. The van der Waals surface area contributed by atoms with Gasteiger partial charge in [-0.2, -0.15) is 0 Å². The second-order valence-corrected chi connectivity index (χ2v) is 5.46. The standard InChI is InChI=1S/C11H16N2O4S/c1-2-8(11(14)15)7-13-9-3-5-10(6-4-9)18(12,16)17/h3-6,8,13H,2,7H2,1H3,(H,14,15)(H2,12,16,17). The molecule has 1 atom stereocenters. The van der Waals surface area contributed by atoms with Crippen LogP contribution >= 0.6 is 0 Å². The number of benzene rings is 1. The maximum Gasteiger partial charge on any atom is 0.308 e. The first-order chi connectivity index (χ1) is 8.34. The molecule has 1 unspecified atom stereocenters. The highest BCUT2D eigenvalue weighted by molar-refractivity contribution is 7.89. The number of carboxylic acids is 1. The smallest absolute Gasteiger partial charge is 0.308 e. The molecule has 6 nitrogen and oxygen atoms in total. The van der Waals surface area contributed by atoms with E-state index in [0.29, 0.717) is 18.7 Å². The minimum atomic E-state index is -3.69. The number of anilines is 1. The number of sulfonamides is 1. The van der Waals surface area contributed by atoms with E-state index in [4.69, 9.17) is 10.2 Å². The number of primary sulfonamides is 1. The third kappa shape index (κ3) is 4.01. The van der Waals surface area contributed by atoms with E-state index >= 15 is 0 Å². The van der Waals surface area contributed by atoms with Gasteiger partial charge in [0.05, 0.1) is 10.8 Å². The van der Waals surface area contributed by atoms with Crippen LogP contribution in [0.1, 0.15) is 13.3 Å². The number of nitrogens with two attached hydrogens (primary N) is 1. The van der Waals surface area contributed by atoms with E-state index in [-0.39, 0.29) is 4.90 Å². The number of carboxylic acid groups (broad SMARTS) is 1. The lowest BCUT2D eigenvalue weighted by molar-refractivity contribution is -0.141. The average Bonchev–Trinajstić information content (AvgIpc) is 2.29. The van der Waals surface area contributed by atoms with Gasteiger partial charge < -0.3 is 10.4 Å². The highest BCUT2D eigenvalue weighted by Gasteiger charge is 2.14. The molecule has 0 bridgehead atoms. The van der Waals surface area contributed by atoms with Crippen LogP contribution in [-0.4, -0.2) is 26.0 Å². The molecule has 4 N–H and O–H groups in total. The molecule has 100 valence electrons. The van der Waals surface area contributed by atoms with Crippen molar-refractivity contribution in [2.45, 2.75) is 18.2 Å². The number of rotatable bonds is 6. The summed E-state index contributed by atoms with van der Waals surface area (Å²) in [4.78, 5) is 10.8. The van der Waals surface area contributed by atoms with E-state index in [9.17, 15) is 13.2 Å². The second kappa shape index (κ2) is 5.83. The summed E-state index contributed by atoms with van der Waals surface area (Å²) in [6, 6.07) is 5.85. The Morgan fingerprint density at radius 2 is 1.94 bits per heavy atom. The van der Waals surface area contributed by atoms with Crippen molar-refractivity contribution in [3.8, 4) is 0 Å². The summed E-state index contributed by atoms with van der Waals surface area (Å²) in [6.07, 6.45) is 0.525. The van der Waals surface area contributed by atoms with Gasteiger partial charge in [0.1, 0.15) is 0 Å². The highest BCUT2D eigenvalue weighted by atomic mass is 32.2. The van der Waals surface area contributed by atoms with E-state index in [2.05, 4.69) is 5.32 Å². The molecule has 18 heavy (non-hydrogen) atoms. The first-order valence-corrected chi connectivity index (χ1v) is 6.98. The molecule has 0 aliphatic carbocycles. The molecule has 1 aromatic rings. The van der Waals surface area contributed by atoms with E-state index in [1.54, 1.807) is 19.1 Å². The SMILES string of the molecule is CCC(CNc1ccc(S(N)(=O)=O)cc1)C(=O)O. The zero-order chi connectivity index (χ0) is 13.8. The summed E-state index contributed by atoms with van der Waals surface area (Å²) in [5.74, 6) is -1.32. The summed E-state index contributed by atoms with van der Waals surface area (Å²) < 4.78 is 22.1. The van der Waals surface area contributed by atoms with Gasteiger partial charge >= 0.3 is 5.97 Å². The molecule has 0 aliphatic rings. The largest absolute Gasteiger partial charge is 0.481 e. The average molecular weight is 272 g/mol. The van der Waals surface area contributed by atoms with Gasteiger partial charge in [0.2, 0.25) is 10.0 Å². The van der Waals surface area contributed by atoms with Gasteiger partial charge in [0.25, 0.3) is 0 Å². The van der Waals surface area contributed by atoms with Crippen molar-refractivity contribution >= 4 is 21.7 Å². The van der Waals surface area contributed by atoms with E-state index in [1.807, 2.05) is 0 Å². The summed E-state index contributed by atoms with van der Waals surface area (Å²) >= 11 is 0. The van der Waals surface area contributed by atoms with Gasteiger partial charge in [-0.1, -0.05) is 6.92 Å². The normalized spacial score (nSPS) is 13.0. The van der Waals surface area contributed by atoms with Crippen LogP contribution < -0.4 is 10.5 Å². The number of carbonyl (C=O) groups is 1. The van der Waals surface area contributed by atoms with Gasteiger partial charge in [0, 0.05) is 12.2 Å². The van der Waals surface area contributed by atoms with Crippen LogP contribution in [0.25, 0.3) is 0 Å². The molecule has 0 spiro atoms. The number of hydrogen-bond acceptors (Lipinski definition) is 4. The fourth-order valence-electron chi connectivity index (χ4n) is 1.41. The van der Waals surface area contributed by atoms with Crippen molar-refractivity contribution in [1.29, 1.82) is 0 Å². The van der Waals surface area contributed by atoms with Crippen LogP contribution in [-0.2, 0) is 14.8 Å². The van der Waals surface area contributed by atoms with Crippen LogP contribution in [0.3, 0.4) is 0 Å². The molecular weight excluding hydrogens is 256 g/mol. The molecular formula is C11H16N2O4S. The molecule has 0 aromatic heterocycles. The van der Waals surface area contributed by atoms with E-state index in [0.717, 1.165) is 0 Å². The van der Waals surface area contributed by atoms with Crippen LogP contribution in [0.4, 0.5) is 5.69 Å². The fraction of sp³-hybridized carbons (Fsp3) is 0.364. The Morgan fingerprint density at radius 3 is 2.33 bits per heavy atom. The minimum Gasteiger partial charge on any atom is -0.481 e. The molecule has 7 heteroatoms. The van der Waals surface area contributed by atoms with Crippen LogP contribution in [0.5, 0.6) is 0 Å². The molecule has 0 saturated carbocycles. The summed E-state index contributed by atoms with van der Waals surface area (Å²) in [7, 11) is -3.69. The van der Waals surface area contributed by atoms with Gasteiger partial charge in [-0.15, -0.1) is 0 Å². The monoisotopic (exact) mass is 272 g/mol. The van der Waals surface area contributed by atoms with Gasteiger partial charge in [0.15, 0.2) is 0 Å². The third-order valence-electron chi connectivity index (χ3n) is 2.58. The highest BCUT2D eigenvalue weighted by Crippen LogP contribution is 2.13. The topological polar surface area (TPSA) is 109 Å². The lowest BCUT2D eigenvalue weighted by atomic mass is 10.1. The predicted molar refractivity (Wildman–Crippen MR) is 67.7 cm³/mol. The molecule has 0 aliphatic heterocycles. The van der Waals surface area contributed by atoms with Crippen molar-refractivity contribution in [3.63, 3.8) is 0 Å². The molecule has 0 saturated heterocycles. The maximum absolute atomic E-state index is 11.0. The Bertz CT molecular complexity index is 510. The number of nitrogens with one attached hydrogen (secondary N) is 1. The first-order valence-electron chi connectivity index (χ1n) is 5.44. The lowest BCUT2D eigenvalue weighted by Crippen LogP contribution is -2.22. The Morgan fingerprint density at radius 1 is 1.39 bits per heavy atom. The maximum atomic E-state index is 11.0. The van der Waals surface area contributed by atoms with Crippen molar-refractivity contribution < 1.29 is 18.3 Å². The zero-order valence-electron chi connectivity index (χ0n) is 9.96. The Kier molecular flexibility index (Phi) is 4.69. The van der Waals surface area contributed by atoms with Gasteiger partial charge in [-0.25, -0.2) is 13.6 Å². The predicted octanol–water partition coefficient (Wildman–Crippen LogP) is 0.857. The third-order valence-corrected chi connectivity index (χ3v) is 3.51. The molecule has 1 rings (SSSR count). The van der Waals surface area contributed by atoms with Gasteiger partial charge in [-0.3, -0.25) is 4.79 Å².